The molecule has 1 rings (SSSR count). The summed E-state index contributed by atoms with van der Waals surface area (Å²) in [4.78, 5) is 0. The van der Waals surface area contributed by atoms with E-state index >= 15 is 0 Å². The topological polar surface area (TPSA) is 49.9 Å². The van der Waals surface area contributed by atoms with Gasteiger partial charge in [-0.2, -0.15) is 11.8 Å². The Balaban J connectivity index is 2.72. The van der Waals surface area contributed by atoms with Crippen LogP contribution >= 0.6 is 23.4 Å². The van der Waals surface area contributed by atoms with Gasteiger partial charge in [0, 0.05) is 21.6 Å². The molecule has 3 N–H and O–H groups in total. The highest BCUT2D eigenvalue weighted by atomic mass is 35.5. The molecule has 0 fully saturated rings. The Morgan fingerprint density at radius 2 is 2.25 bits per heavy atom. The third-order valence-corrected chi connectivity index (χ3v) is 4.19. The molecule has 0 amide bonds. The average molecular weight is 257 g/mol. The normalized spacial score (nSPS) is 12.4. The Bertz CT molecular complexity index is 379. The monoisotopic (exact) mass is 256 g/mol. The molecule has 4 heteroatoms. The molecule has 1 atom stereocenters. The molecule has 88 valence electrons. The van der Waals surface area contributed by atoms with Gasteiger partial charge in [-0.1, -0.05) is 37.6 Å². The van der Waals surface area contributed by atoms with E-state index in [0.717, 1.165) is 17.7 Å². The Morgan fingerprint density at radius 1 is 1.56 bits per heavy atom. The van der Waals surface area contributed by atoms with Crippen LogP contribution in [-0.4, -0.2) is 11.1 Å². The summed E-state index contributed by atoms with van der Waals surface area (Å²) in [6.07, 6.45) is 1.16. The first-order chi connectivity index (χ1) is 7.54. The van der Waals surface area contributed by atoms with Gasteiger partial charge in [0.25, 0.3) is 0 Å². The standard InChI is InChI=1S/C12H17ClN2S/c1-3-8(2)16-7-10-5-4-9(12(14)15)6-11(10)13/h4-6,8H,3,7H2,1-2H3,(H3,14,15). The predicted octanol–water partition coefficient (Wildman–Crippen LogP) is 3.66. The van der Waals surface area contributed by atoms with Gasteiger partial charge < -0.3 is 5.73 Å². The van der Waals surface area contributed by atoms with E-state index in [2.05, 4.69) is 13.8 Å². The van der Waals surface area contributed by atoms with Gasteiger partial charge in [0.15, 0.2) is 0 Å². The number of rotatable bonds is 5. The fourth-order valence-corrected chi connectivity index (χ4v) is 2.46. The molecule has 0 saturated heterocycles. The largest absolute Gasteiger partial charge is 0.384 e. The maximum atomic E-state index is 7.32. The van der Waals surface area contributed by atoms with Crippen LogP contribution in [0.15, 0.2) is 18.2 Å². The van der Waals surface area contributed by atoms with Gasteiger partial charge in [-0.15, -0.1) is 0 Å². The number of amidine groups is 1. The predicted molar refractivity (Wildman–Crippen MR) is 73.5 cm³/mol. The van der Waals surface area contributed by atoms with Crippen molar-refractivity contribution in [1.82, 2.24) is 0 Å². The number of nitrogens with one attached hydrogen (secondary N) is 1. The second-order valence-electron chi connectivity index (χ2n) is 3.75. The minimum Gasteiger partial charge on any atom is -0.384 e. The Labute approximate surface area is 106 Å². The maximum Gasteiger partial charge on any atom is 0.122 e. The molecule has 0 saturated carbocycles. The zero-order chi connectivity index (χ0) is 12.1. The number of benzene rings is 1. The Hall–Kier alpha value is -0.670. The molecule has 0 spiro atoms. The van der Waals surface area contributed by atoms with E-state index in [1.54, 1.807) is 6.07 Å². The summed E-state index contributed by atoms with van der Waals surface area (Å²) in [6.45, 7) is 4.39. The van der Waals surface area contributed by atoms with Crippen LogP contribution in [0.5, 0.6) is 0 Å². The van der Waals surface area contributed by atoms with E-state index in [0.29, 0.717) is 15.8 Å². The van der Waals surface area contributed by atoms with Crippen molar-refractivity contribution in [3.63, 3.8) is 0 Å². The molecule has 2 nitrogen and oxygen atoms in total. The Kier molecular flexibility index (Phi) is 5.16. The molecule has 0 aromatic heterocycles. The van der Waals surface area contributed by atoms with Gasteiger partial charge in [-0.05, 0) is 18.1 Å². The van der Waals surface area contributed by atoms with Crippen molar-refractivity contribution in [1.29, 1.82) is 5.41 Å². The minimum absolute atomic E-state index is 0.0584. The SMILES string of the molecule is CCC(C)SCc1ccc(C(=N)N)cc1Cl. The summed E-state index contributed by atoms with van der Waals surface area (Å²) in [7, 11) is 0. The van der Waals surface area contributed by atoms with Crippen molar-refractivity contribution >= 4 is 29.2 Å². The third-order valence-electron chi connectivity index (χ3n) is 2.46. The molecule has 0 radical (unpaired) electrons. The first kappa shape index (κ1) is 13.4. The van der Waals surface area contributed by atoms with Gasteiger partial charge in [-0.25, -0.2) is 0 Å². The van der Waals surface area contributed by atoms with Gasteiger partial charge in [0.1, 0.15) is 5.84 Å². The molecular weight excluding hydrogens is 240 g/mol. The molecule has 0 aliphatic rings. The van der Waals surface area contributed by atoms with Gasteiger partial charge in [0.05, 0.1) is 0 Å². The van der Waals surface area contributed by atoms with Crippen LogP contribution in [0.3, 0.4) is 0 Å². The first-order valence-electron chi connectivity index (χ1n) is 5.29. The fraction of sp³-hybridized carbons (Fsp3) is 0.417. The number of nitrogens with two attached hydrogens (primary N) is 1. The molecule has 0 aliphatic carbocycles. The summed E-state index contributed by atoms with van der Waals surface area (Å²) >= 11 is 8.02. The van der Waals surface area contributed by atoms with E-state index in [-0.39, 0.29) is 5.84 Å². The highest BCUT2D eigenvalue weighted by Gasteiger charge is 2.06. The molecule has 1 aromatic rings. The van der Waals surface area contributed by atoms with Crippen molar-refractivity contribution in [2.45, 2.75) is 31.3 Å². The minimum atomic E-state index is 0.0584. The summed E-state index contributed by atoms with van der Waals surface area (Å²) in [5, 5.41) is 8.66. The highest BCUT2D eigenvalue weighted by Crippen LogP contribution is 2.25. The number of nitrogen functional groups attached to an aromatic ring is 1. The quantitative estimate of drug-likeness (QED) is 0.624. The molecule has 0 bridgehead atoms. The van der Waals surface area contributed by atoms with Crippen molar-refractivity contribution < 1.29 is 0 Å². The van der Waals surface area contributed by atoms with E-state index in [9.17, 15) is 0 Å². The lowest BCUT2D eigenvalue weighted by molar-refractivity contribution is 0.905. The second kappa shape index (κ2) is 6.16. The lowest BCUT2D eigenvalue weighted by Gasteiger charge is -2.10. The number of hydrogen-bond donors (Lipinski definition) is 2. The van der Waals surface area contributed by atoms with Crippen LogP contribution in [0.25, 0.3) is 0 Å². The third kappa shape index (κ3) is 3.72. The number of hydrogen-bond acceptors (Lipinski definition) is 2. The molecule has 16 heavy (non-hydrogen) atoms. The summed E-state index contributed by atoms with van der Waals surface area (Å²) in [6, 6.07) is 5.56. The van der Waals surface area contributed by atoms with Crippen LogP contribution in [-0.2, 0) is 5.75 Å². The maximum absolute atomic E-state index is 7.32. The van der Waals surface area contributed by atoms with Crippen LogP contribution in [0.1, 0.15) is 31.4 Å². The van der Waals surface area contributed by atoms with Crippen molar-refractivity contribution in [3.05, 3.63) is 34.3 Å². The summed E-state index contributed by atoms with van der Waals surface area (Å²) < 4.78 is 0. The average Bonchev–Trinajstić information content (AvgIpc) is 2.26. The zero-order valence-electron chi connectivity index (χ0n) is 9.59. The number of thioether (sulfide) groups is 1. The fourth-order valence-electron chi connectivity index (χ4n) is 1.18. The lowest BCUT2D eigenvalue weighted by Crippen LogP contribution is -2.10. The van der Waals surface area contributed by atoms with Crippen LogP contribution in [0.2, 0.25) is 5.02 Å². The molecule has 1 unspecified atom stereocenters. The molecule has 0 heterocycles. The van der Waals surface area contributed by atoms with E-state index in [1.807, 2.05) is 23.9 Å². The van der Waals surface area contributed by atoms with E-state index < -0.39 is 0 Å². The Morgan fingerprint density at radius 3 is 2.75 bits per heavy atom. The van der Waals surface area contributed by atoms with Crippen LogP contribution in [0.4, 0.5) is 0 Å². The van der Waals surface area contributed by atoms with Gasteiger partial charge >= 0.3 is 0 Å². The summed E-state index contributed by atoms with van der Waals surface area (Å²) in [5.41, 5.74) is 7.19. The van der Waals surface area contributed by atoms with Gasteiger partial charge in [0.2, 0.25) is 0 Å². The zero-order valence-corrected chi connectivity index (χ0v) is 11.2. The summed E-state index contributed by atoms with van der Waals surface area (Å²) in [5.74, 6) is 0.967. The molecule has 1 aromatic carbocycles. The smallest absolute Gasteiger partial charge is 0.122 e. The van der Waals surface area contributed by atoms with E-state index in [1.165, 1.54) is 0 Å². The number of halogens is 1. The van der Waals surface area contributed by atoms with Crippen molar-refractivity contribution in [2.75, 3.05) is 0 Å². The first-order valence-corrected chi connectivity index (χ1v) is 6.71. The highest BCUT2D eigenvalue weighted by molar-refractivity contribution is 7.99. The van der Waals surface area contributed by atoms with E-state index in [4.69, 9.17) is 22.7 Å². The van der Waals surface area contributed by atoms with Crippen LogP contribution < -0.4 is 5.73 Å². The second-order valence-corrected chi connectivity index (χ2v) is 5.58. The van der Waals surface area contributed by atoms with Crippen molar-refractivity contribution in [3.8, 4) is 0 Å². The van der Waals surface area contributed by atoms with Crippen LogP contribution in [0, 0.1) is 5.41 Å². The van der Waals surface area contributed by atoms with Gasteiger partial charge in [-0.3, -0.25) is 5.41 Å². The lowest BCUT2D eigenvalue weighted by atomic mass is 10.1. The molecule has 0 aliphatic heterocycles. The molecular formula is C12H17ClN2S. The van der Waals surface area contributed by atoms with Crippen molar-refractivity contribution in [2.24, 2.45) is 5.73 Å².